The Balaban J connectivity index is 1.36. The van der Waals surface area contributed by atoms with Gasteiger partial charge in [-0.1, -0.05) is 6.08 Å². The topological polar surface area (TPSA) is 96.0 Å². The van der Waals surface area contributed by atoms with E-state index < -0.39 is 29.8 Å². The first-order valence-corrected chi connectivity index (χ1v) is 11.4. The molecule has 3 amide bonds. The first-order valence-electron chi connectivity index (χ1n) is 11.4. The highest BCUT2D eigenvalue weighted by atomic mass is 16.5. The first kappa shape index (κ1) is 23.2. The standard InChI is InChI=1S/C26H27N3O5/c1-3-13-29-24(31)21-12-7-18(16-22(21)25(29)32)26(33)34-17(2)23(30)27-19-8-10-20(11-9-19)28-14-5-4-6-15-28/h3,7-12,16-17H,1,4-6,13-15H2,2H3,(H,27,30)/t17-/m0/s1. The predicted octanol–water partition coefficient (Wildman–Crippen LogP) is 3.64. The molecule has 4 rings (SSSR count). The van der Waals surface area contributed by atoms with Gasteiger partial charge in [0, 0.05) is 31.0 Å². The van der Waals surface area contributed by atoms with E-state index in [1.807, 2.05) is 24.3 Å². The van der Waals surface area contributed by atoms with Gasteiger partial charge in [0.05, 0.1) is 16.7 Å². The molecule has 2 aliphatic heterocycles. The van der Waals surface area contributed by atoms with Gasteiger partial charge in [-0.3, -0.25) is 19.3 Å². The number of esters is 1. The van der Waals surface area contributed by atoms with Crippen molar-refractivity contribution in [2.24, 2.45) is 0 Å². The van der Waals surface area contributed by atoms with Gasteiger partial charge in [-0.15, -0.1) is 6.58 Å². The van der Waals surface area contributed by atoms with Crippen LogP contribution >= 0.6 is 0 Å². The van der Waals surface area contributed by atoms with Crippen LogP contribution in [0, 0.1) is 0 Å². The van der Waals surface area contributed by atoms with Crippen molar-refractivity contribution < 1.29 is 23.9 Å². The Kier molecular flexibility index (Phi) is 6.77. The van der Waals surface area contributed by atoms with Gasteiger partial charge >= 0.3 is 5.97 Å². The van der Waals surface area contributed by atoms with Crippen LogP contribution in [0.5, 0.6) is 0 Å². The van der Waals surface area contributed by atoms with Crippen molar-refractivity contribution in [1.82, 2.24) is 4.90 Å². The number of amides is 3. The van der Waals surface area contributed by atoms with Gasteiger partial charge in [0.2, 0.25) is 0 Å². The van der Waals surface area contributed by atoms with E-state index in [0.29, 0.717) is 5.69 Å². The molecule has 0 unspecified atom stereocenters. The molecule has 1 N–H and O–H groups in total. The van der Waals surface area contributed by atoms with Gasteiger partial charge in [0.25, 0.3) is 17.7 Å². The number of nitrogens with zero attached hydrogens (tertiary/aromatic N) is 2. The molecule has 0 aromatic heterocycles. The van der Waals surface area contributed by atoms with Gasteiger partial charge in [0.1, 0.15) is 0 Å². The van der Waals surface area contributed by atoms with E-state index in [1.54, 1.807) is 0 Å². The summed E-state index contributed by atoms with van der Waals surface area (Å²) in [6.45, 7) is 7.18. The van der Waals surface area contributed by atoms with E-state index in [-0.39, 0.29) is 23.2 Å². The summed E-state index contributed by atoms with van der Waals surface area (Å²) in [5, 5.41) is 2.75. The number of anilines is 2. The third-order valence-electron chi connectivity index (χ3n) is 6.03. The molecule has 8 nitrogen and oxygen atoms in total. The van der Waals surface area contributed by atoms with E-state index in [4.69, 9.17) is 4.74 Å². The second kappa shape index (κ2) is 9.91. The van der Waals surface area contributed by atoms with Crippen LogP contribution in [0.2, 0.25) is 0 Å². The number of ether oxygens (including phenoxy) is 1. The molecule has 176 valence electrons. The van der Waals surface area contributed by atoms with E-state index in [9.17, 15) is 19.2 Å². The van der Waals surface area contributed by atoms with Crippen LogP contribution in [0.3, 0.4) is 0 Å². The molecular formula is C26H27N3O5. The SMILES string of the molecule is C=CCN1C(=O)c2ccc(C(=O)O[C@@H](C)C(=O)Nc3ccc(N4CCCCC4)cc3)cc2C1=O. The first-order chi connectivity index (χ1) is 16.4. The Labute approximate surface area is 198 Å². The van der Waals surface area contributed by atoms with Gasteiger partial charge in [-0.2, -0.15) is 0 Å². The Morgan fingerprint density at radius 2 is 1.71 bits per heavy atom. The summed E-state index contributed by atoms with van der Waals surface area (Å²) in [6.07, 6.45) is 4.02. The van der Waals surface area contributed by atoms with Crippen molar-refractivity contribution in [2.75, 3.05) is 29.9 Å². The molecular weight excluding hydrogens is 434 g/mol. The normalized spacial score (nSPS) is 16.1. The fourth-order valence-electron chi connectivity index (χ4n) is 4.15. The van der Waals surface area contributed by atoms with E-state index in [1.165, 1.54) is 50.5 Å². The van der Waals surface area contributed by atoms with Crippen LogP contribution < -0.4 is 10.2 Å². The summed E-state index contributed by atoms with van der Waals surface area (Å²) < 4.78 is 5.30. The molecule has 1 atom stereocenters. The van der Waals surface area contributed by atoms with Gasteiger partial charge in [-0.05, 0) is 68.7 Å². The van der Waals surface area contributed by atoms with Crippen molar-refractivity contribution >= 4 is 35.1 Å². The van der Waals surface area contributed by atoms with Gasteiger partial charge in [-0.25, -0.2) is 4.79 Å². The van der Waals surface area contributed by atoms with Crippen LogP contribution in [-0.2, 0) is 9.53 Å². The summed E-state index contributed by atoms with van der Waals surface area (Å²) in [7, 11) is 0. The molecule has 8 heteroatoms. The Hall–Kier alpha value is -3.94. The van der Waals surface area contributed by atoms with Gasteiger partial charge in [0.15, 0.2) is 6.10 Å². The number of imide groups is 1. The second-order valence-corrected chi connectivity index (χ2v) is 8.40. The molecule has 0 saturated carbocycles. The number of hydrogen-bond donors (Lipinski definition) is 1. The summed E-state index contributed by atoms with van der Waals surface area (Å²) >= 11 is 0. The third-order valence-corrected chi connectivity index (χ3v) is 6.03. The van der Waals surface area contributed by atoms with Crippen molar-refractivity contribution in [3.63, 3.8) is 0 Å². The molecule has 34 heavy (non-hydrogen) atoms. The lowest BCUT2D eigenvalue weighted by Crippen LogP contribution is -2.30. The highest BCUT2D eigenvalue weighted by Crippen LogP contribution is 2.25. The summed E-state index contributed by atoms with van der Waals surface area (Å²) in [5.41, 5.74) is 2.17. The summed E-state index contributed by atoms with van der Waals surface area (Å²) in [4.78, 5) is 53.3. The highest BCUT2D eigenvalue weighted by Gasteiger charge is 2.35. The number of piperidine rings is 1. The Bertz CT molecular complexity index is 1140. The van der Waals surface area contributed by atoms with E-state index in [2.05, 4.69) is 16.8 Å². The van der Waals surface area contributed by atoms with Gasteiger partial charge < -0.3 is 15.0 Å². The number of carbonyl (C=O) groups is 4. The van der Waals surface area contributed by atoms with Crippen molar-refractivity contribution in [1.29, 1.82) is 0 Å². The maximum atomic E-state index is 12.6. The molecule has 1 fully saturated rings. The molecule has 0 spiro atoms. The zero-order valence-electron chi connectivity index (χ0n) is 19.1. The van der Waals surface area contributed by atoms with Crippen LogP contribution in [0.25, 0.3) is 0 Å². The molecule has 0 aliphatic carbocycles. The number of hydrogen-bond acceptors (Lipinski definition) is 6. The molecule has 2 aromatic carbocycles. The van der Waals surface area contributed by atoms with Crippen LogP contribution in [0.1, 0.15) is 57.3 Å². The quantitative estimate of drug-likeness (QED) is 0.384. The maximum Gasteiger partial charge on any atom is 0.338 e. The Morgan fingerprint density at radius 1 is 1.03 bits per heavy atom. The Morgan fingerprint density at radius 3 is 2.38 bits per heavy atom. The predicted molar refractivity (Wildman–Crippen MR) is 128 cm³/mol. The average Bonchev–Trinajstić information content (AvgIpc) is 3.09. The third kappa shape index (κ3) is 4.71. The van der Waals surface area contributed by atoms with Crippen LogP contribution in [0.15, 0.2) is 55.1 Å². The molecule has 2 aliphatic rings. The number of benzene rings is 2. The molecule has 0 bridgehead atoms. The lowest BCUT2D eigenvalue weighted by atomic mass is 10.1. The average molecular weight is 462 g/mol. The monoisotopic (exact) mass is 461 g/mol. The molecule has 2 heterocycles. The van der Waals surface area contributed by atoms with Crippen molar-refractivity contribution in [3.8, 4) is 0 Å². The van der Waals surface area contributed by atoms with Crippen LogP contribution in [-0.4, -0.2) is 54.3 Å². The number of rotatable bonds is 7. The minimum atomic E-state index is -1.06. The fourth-order valence-corrected chi connectivity index (χ4v) is 4.15. The minimum absolute atomic E-state index is 0.0857. The second-order valence-electron chi connectivity index (χ2n) is 8.40. The highest BCUT2D eigenvalue weighted by molar-refractivity contribution is 6.22. The molecule has 0 radical (unpaired) electrons. The number of fused-ring (bicyclic) bond motifs is 1. The number of carbonyl (C=O) groups excluding carboxylic acids is 4. The van der Waals surface area contributed by atoms with E-state index in [0.717, 1.165) is 23.7 Å². The van der Waals surface area contributed by atoms with E-state index >= 15 is 0 Å². The zero-order chi connectivity index (χ0) is 24.2. The number of nitrogens with one attached hydrogen (secondary N) is 1. The maximum absolute atomic E-state index is 12.6. The lowest BCUT2D eigenvalue weighted by molar-refractivity contribution is -0.123. The summed E-state index contributed by atoms with van der Waals surface area (Å²) in [5.74, 6) is -2.15. The smallest absolute Gasteiger partial charge is 0.338 e. The van der Waals surface area contributed by atoms with Crippen molar-refractivity contribution in [2.45, 2.75) is 32.3 Å². The van der Waals surface area contributed by atoms with Crippen molar-refractivity contribution in [3.05, 3.63) is 71.8 Å². The molecule has 1 saturated heterocycles. The summed E-state index contributed by atoms with van der Waals surface area (Å²) in [6, 6.07) is 11.7. The molecule has 2 aromatic rings. The zero-order valence-corrected chi connectivity index (χ0v) is 19.1. The van der Waals surface area contributed by atoms with Crippen LogP contribution in [0.4, 0.5) is 11.4 Å². The fraction of sp³-hybridized carbons (Fsp3) is 0.308. The minimum Gasteiger partial charge on any atom is -0.449 e. The lowest BCUT2D eigenvalue weighted by Gasteiger charge is -2.28. The largest absolute Gasteiger partial charge is 0.449 e.